The Morgan fingerprint density at radius 2 is 1.32 bits per heavy atom. The van der Waals surface area contributed by atoms with Crippen LogP contribution in [0.2, 0.25) is 5.02 Å². The zero-order valence-corrected chi connectivity index (χ0v) is 14.5. The SMILES string of the molecule is O=C(CNCc1ccccc1Cl)N(c1ccccc1)c1ccccc1. The van der Waals surface area contributed by atoms with Gasteiger partial charge in [0.1, 0.15) is 0 Å². The molecule has 0 spiro atoms. The number of anilines is 2. The molecule has 0 aliphatic heterocycles. The first kappa shape index (κ1) is 17.2. The standard InChI is InChI=1S/C21H19ClN2O/c22-20-14-8-7-9-17(20)15-23-16-21(25)24(18-10-3-1-4-11-18)19-12-5-2-6-13-19/h1-14,23H,15-16H2. The van der Waals surface area contributed by atoms with E-state index >= 15 is 0 Å². The predicted molar refractivity (Wildman–Crippen MR) is 103 cm³/mol. The molecule has 3 aromatic rings. The Bertz CT molecular complexity index is 782. The molecule has 0 heterocycles. The van der Waals surface area contributed by atoms with Crippen LogP contribution in [0.3, 0.4) is 0 Å². The van der Waals surface area contributed by atoms with Crippen LogP contribution in [0.1, 0.15) is 5.56 Å². The van der Waals surface area contributed by atoms with E-state index in [9.17, 15) is 4.79 Å². The highest BCUT2D eigenvalue weighted by Gasteiger charge is 2.17. The second kappa shape index (κ2) is 8.47. The molecule has 3 nitrogen and oxygen atoms in total. The fourth-order valence-electron chi connectivity index (χ4n) is 2.62. The maximum atomic E-state index is 12.8. The molecule has 126 valence electrons. The molecule has 0 saturated heterocycles. The normalized spacial score (nSPS) is 10.4. The van der Waals surface area contributed by atoms with Crippen molar-refractivity contribution in [2.75, 3.05) is 11.4 Å². The molecule has 0 radical (unpaired) electrons. The molecule has 0 saturated carbocycles. The van der Waals surface area contributed by atoms with E-state index in [0.717, 1.165) is 16.9 Å². The lowest BCUT2D eigenvalue weighted by atomic mass is 10.2. The fraction of sp³-hybridized carbons (Fsp3) is 0.0952. The molecule has 0 bridgehead atoms. The maximum absolute atomic E-state index is 12.8. The van der Waals surface area contributed by atoms with Gasteiger partial charge in [0.05, 0.1) is 6.54 Å². The highest BCUT2D eigenvalue weighted by atomic mass is 35.5. The number of para-hydroxylation sites is 2. The molecule has 0 atom stereocenters. The molecule has 0 aliphatic rings. The second-order valence-corrected chi connectivity index (χ2v) is 6.00. The summed E-state index contributed by atoms with van der Waals surface area (Å²) in [7, 11) is 0. The molecule has 25 heavy (non-hydrogen) atoms. The summed E-state index contributed by atoms with van der Waals surface area (Å²) in [6, 6.07) is 26.9. The van der Waals surface area contributed by atoms with Gasteiger partial charge < -0.3 is 5.32 Å². The van der Waals surface area contributed by atoms with Crippen LogP contribution in [0, 0.1) is 0 Å². The molecular weight excluding hydrogens is 332 g/mol. The third-order valence-corrected chi connectivity index (χ3v) is 4.20. The van der Waals surface area contributed by atoms with E-state index in [1.54, 1.807) is 4.90 Å². The average molecular weight is 351 g/mol. The van der Waals surface area contributed by atoms with Crippen molar-refractivity contribution in [2.24, 2.45) is 0 Å². The van der Waals surface area contributed by atoms with E-state index in [1.165, 1.54) is 0 Å². The van der Waals surface area contributed by atoms with Gasteiger partial charge in [-0.2, -0.15) is 0 Å². The summed E-state index contributed by atoms with van der Waals surface area (Å²) in [5, 5.41) is 3.89. The first-order valence-electron chi connectivity index (χ1n) is 8.13. The summed E-state index contributed by atoms with van der Waals surface area (Å²) >= 11 is 6.16. The monoisotopic (exact) mass is 350 g/mol. The summed E-state index contributed by atoms with van der Waals surface area (Å²) in [6.45, 7) is 0.762. The van der Waals surface area contributed by atoms with Crippen molar-refractivity contribution in [3.05, 3.63) is 95.5 Å². The number of carbonyl (C=O) groups excluding carboxylic acids is 1. The highest BCUT2D eigenvalue weighted by molar-refractivity contribution is 6.31. The fourth-order valence-corrected chi connectivity index (χ4v) is 2.82. The zero-order chi connectivity index (χ0) is 17.5. The van der Waals surface area contributed by atoms with Crippen molar-refractivity contribution in [3.63, 3.8) is 0 Å². The van der Waals surface area contributed by atoms with Crippen LogP contribution in [-0.4, -0.2) is 12.5 Å². The minimum atomic E-state index is -0.0237. The van der Waals surface area contributed by atoms with Gasteiger partial charge in [0.2, 0.25) is 5.91 Å². The molecule has 0 aromatic heterocycles. The van der Waals surface area contributed by atoms with Crippen LogP contribution >= 0.6 is 11.6 Å². The van der Waals surface area contributed by atoms with Gasteiger partial charge in [-0.3, -0.25) is 9.69 Å². The quantitative estimate of drug-likeness (QED) is 0.693. The van der Waals surface area contributed by atoms with Crippen LogP contribution in [0.25, 0.3) is 0 Å². The number of amides is 1. The van der Waals surface area contributed by atoms with Crippen LogP contribution in [-0.2, 0) is 11.3 Å². The van der Waals surface area contributed by atoms with E-state index in [0.29, 0.717) is 11.6 Å². The number of nitrogens with one attached hydrogen (secondary N) is 1. The number of halogens is 1. The van der Waals surface area contributed by atoms with Crippen molar-refractivity contribution in [2.45, 2.75) is 6.54 Å². The summed E-state index contributed by atoms with van der Waals surface area (Å²) in [4.78, 5) is 14.6. The van der Waals surface area contributed by atoms with Gasteiger partial charge in [-0.1, -0.05) is 66.2 Å². The molecule has 4 heteroatoms. The third kappa shape index (κ3) is 4.47. The minimum Gasteiger partial charge on any atom is -0.304 e. The summed E-state index contributed by atoms with van der Waals surface area (Å²) in [6.07, 6.45) is 0. The van der Waals surface area contributed by atoms with Crippen molar-refractivity contribution >= 4 is 28.9 Å². The molecule has 3 aromatic carbocycles. The van der Waals surface area contributed by atoms with Crippen molar-refractivity contribution in [1.29, 1.82) is 0 Å². The first-order chi connectivity index (χ1) is 12.3. The van der Waals surface area contributed by atoms with Crippen LogP contribution in [0.15, 0.2) is 84.9 Å². The molecule has 3 rings (SSSR count). The van der Waals surface area contributed by atoms with Crippen LogP contribution in [0.4, 0.5) is 11.4 Å². The van der Waals surface area contributed by atoms with Gasteiger partial charge in [-0.15, -0.1) is 0 Å². The minimum absolute atomic E-state index is 0.0237. The van der Waals surface area contributed by atoms with Gasteiger partial charge >= 0.3 is 0 Å². The first-order valence-corrected chi connectivity index (χ1v) is 8.50. The van der Waals surface area contributed by atoms with Gasteiger partial charge in [-0.05, 0) is 35.9 Å². The number of benzene rings is 3. The Morgan fingerprint density at radius 3 is 1.88 bits per heavy atom. The Kier molecular flexibility index (Phi) is 5.83. The Balaban J connectivity index is 1.73. The second-order valence-electron chi connectivity index (χ2n) is 5.60. The highest BCUT2D eigenvalue weighted by Crippen LogP contribution is 2.24. The van der Waals surface area contributed by atoms with Crippen molar-refractivity contribution in [1.82, 2.24) is 5.32 Å². The summed E-state index contributed by atoms with van der Waals surface area (Å²) in [5.74, 6) is -0.0237. The molecule has 1 amide bonds. The molecular formula is C21H19ClN2O. The summed E-state index contributed by atoms with van der Waals surface area (Å²) in [5.41, 5.74) is 2.67. The molecule has 0 aliphatic carbocycles. The molecule has 1 N–H and O–H groups in total. The summed E-state index contributed by atoms with van der Waals surface area (Å²) < 4.78 is 0. The van der Waals surface area contributed by atoms with Gasteiger partial charge in [0.15, 0.2) is 0 Å². The Hall–Kier alpha value is -2.62. The third-order valence-electron chi connectivity index (χ3n) is 3.83. The van der Waals surface area contributed by atoms with Crippen LogP contribution in [0.5, 0.6) is 0 Å². The number of carbonyl (C=O) groups is 1. The van der Waals surface area contributed by atoms with Crippen LogP contribution < -0.4 is 10.2 Å². The smallest absolute Gasteiger partial charge is 0.245 e. The lowest BCUT2D eigenvalue weighted by Crippen LogP contribution is -2.35. The lowest BCUT2D eigenvalue weighted by Gasteiger charge is -2.23. The van der Waals surface area contributed by atoms with Gasteiger partial charge in [0.25, 0.3) is 0 Å². The number of hydrogen-bond acceptors (Lipinski definition) is 2. The van der Waals surface area contributed by atoms with E-state index in [1.807, 2.05) is 84.9 Å². The van der Waals surface area contributed by atoms with Crippen molar-refractivity contribution < 1.29 is 4.79 Å². The average Bonchev–Trinajstić information content (AvgIpc) is 2.65. The molecule has 0 unspecified atom stereocenters. The van der Waals surface area contributed by atoms with Crippen molar-refractivity contribution in [3.8, 4) is 0 Å². The molecule has 0 fully saturated rings. The van der Waals surface area contributed by atoms with E-state index in [2.05, 4.69) is 5.32 Å². The van der Waals surface area contributed by atoms with E-state index in [-0.39, 0.29) is 12.5 Å². The van der Waals surface area contributed by atoms with Gasteiger partial charge in [-0.25, -0.2) is 0 Å². The van der Waals surface area contributed by atoms with E-state index in [4.69, 9.17) is 11.6 Å². The maximum Gasteiger partial charge on any atom is 0.245 e. The predicted octanol–water partition coefficient (Wildman–Crippen LogP) is 4.79. The number of nitrogens with zero attached hydrogens (tertiary/aromatic N) is 1. The van der Waals surface area contributed by atoms with E-state index < -0.39 is 0 Å². The largest absolute Gasteiger partial charge is 0.304 e. The van der Waals surface area contributed by atoms with Gasteiger partial charge in [0, 0.05) is 22.9 Å². The zero-order valence-electron chi connectivity index (χ0n) is 13.7. The number of hydrogen-bond donors (Lipinski definition) is 1. The number of rotatable bonds is 6. The Labute approximate surface area is 152 Å². The lowest BCUT2D eigenvalue weighted by molar-refractivity contribution is -0.117. The Morgan fingerprint density at radius 1 is 0.800 bits per heavy atom. The topological polar surface area (TPSA) is 32.3 Å².